The van der Waals surface area contributed by atoms with Crippen LogP contribution in [0.25, 0.3) is 0 Å². The van der Waals surface area contributed by atoms with Gasteiger partial charge in [0, 0.05) is 18.3 Å². The molecule has 0 spiro atoms. The summed E-state index contributed by atoms with van der Waals surface area (Å²) in [4.78, 5) is 11.8. The van der Waals surface area contributed by atoms with Crippen molar-refractivity contribution in [1.82, 2.24) is 15.1 Å². The summed E-state index contributed by atoms with van der Waals surface area (Å²) in [7, 11) is 1.89. The van der Waals surface area contributed by atoms with Crippen molar-refractivity contribution in [2.24, 2.45) is 12.8 Å². The molecule has 0 bridgehead atoms. The molecule has 1 heterocycles. The minimum Gasteiger partial charge on any atom is -0.348 e. The second-order valence-electron chi connectivity index (χ2n) is 4.66. The molecule has 3 N–H and O–H groups in total. The van der Waals surface area contributed by atoms with Crippen LogP contribution in [0.5, 0.6) is 0 Å². The predicted molar refractivity (Wildman–Crippen MR) is 60.7 cm³/mol. The molecule has 5 heteroatoms. The fourth-order valence-corrected chi connectivity index (χ4v) is 1.72. The smallest absolute Gasteiger partial charge is 0.240 e. The van der Waals surface area contributed by atoms with Gasteiger partial charge in [-0.15, -0.1) is 0 Å². The third-order valence-electron chi connectivity index (χ3n) is 3.33. The third kappa shape index (κ3) is 1.82. The van der Waals surface area contributed by atoms with E-state index in [-0.39, 0.29) is 11.9 Å². The number of hydrogen-bond acceptors (Lipinski definition) is 3. The molecule has 1 amide bonds. The Morgan fingerprint density at radius 2 is 2.31 bits per heavy atom. The minimum absolute atomic E-state index is 0.0396. The van der Waals surface area contributed by atoms with Gasteiger partial charge in [-0.3, -0.25) is 9.48 Å². The zero-order valence-electron chi connectivity index (χ0n) is 9.95. The summed E-state index contributed by atoms with van der Waals surface area (Å²) in [5, 5.41) is 7.09. The van der Waals surface area contributed by atoms with Crippen LogP contribution >= 0.6 is 0 Å². The summed E-state index contributed by atoms with van der Waals surface area (Å²) in [5.41, 5.74) is 7.33. The van der Waals surface area contributed by atoms with Crippen molar-refractivity contribution >= 4 is 5.91 Å². The minimum atomic E-state index is -0.607. The predicted octanol–water partition coefficient (Wildman–Crippen LogP) is 0.397. The monoisotopic (exact) mass is 222 g/mol. The fourth-order valence-electron chi connectivity index (χ4n) is 1.72. The average Bonchev–Trinajstić information content (AvgIpc) is 2.89. The second-order valence-corrected chi connectivity index (χ2v) is 4.66. The van der Waals surface area contributed by atoms with Crippen LogP contribution in [0.15, 0.2) is 6.20 Å². The number of amides is 1. The first-order valence-corrected chi connectivity index (χ1v) is 5.52. The molecule has 2 rings (SSSR count). The molecule has 88 valence electrons. The summed E-state index contributed by atoms with van der Waals surface area (Å²) in [6.07, 6.45) is 3.37. The highest BCUT2D eigenvalue weighted by atomic mass is 16.2. The molecule has 1 fully saturated rings. The molecular weight excluding hydrogens is 204 g/mol. The molecule has 0 aromatic carbocycles. The van der Waals surface area contributed by atoms with Gasteiger partial charge in [0.15, 0.2) is 0 Å². The van der Waals surface area contributed by atoms with Crippen LogP contribution in [0.2, 0.25) is 0 Å². The van der Waals surface area contributed by atoms with Gasteiger partial charge in [-0.05, 0) is 26.7 Å². The quantitative estimate of drug-likeness (QED) is 0.777. The van der Waals surface area contributed by atoms with E-state index in [4.69, 9.17) is 5.73 Å². The van der Waals surface area contributed by atoms with Crippen LogP contribution in [-0.4, -0.2) is 21.2 Å². The normalized spacial score (nSPS) is 19.2. The van der Waals surface area contributed by atoms with Crippen LogP contribution in [0.1, 0.15) is 37.1 Å². The maximum absolute atomic E-state index is 11.8. The maximum Gasteiger partial charge on any atom is 0.240 e. The number of aryl methyl sites for hydroxylation is 1. The van der Waals surface area contributed by atoms with Gasteiger partial charge in [-0.1, -0.05) is 0 Å². The number of rotatable bonds is 3. The number of hydrogen-bond donors (Lipinski definition) is 2. The number of carbonyl (C=O) groups excluding carboxylic acids is 1. The van der Waals surface area contributed by atoms with E-state index < -0.39 is 5.54 Å². The number of nitrogens with two attached hydrogens (primary N) is 1. The lowest BCUT2D eigenvalue weighted by Gasteiger charge is -2.16. The van der Waals surface area contributed by atoms with Crippen molar-refractivity contribution in [3.63, 3.8) is 0 Å². The lowest BCUT2D eigenvalue weighted by atomic mass is 10.1. The van der Waals surface area contributed by atoms with Gasteiger partial charge in [0.2, 0.25) is 5.91 Å². The summed E-state index contributed by atoms with van der Waals surface area (Å²) in [5.74, 6) is -0.0525. The number of nitrogens with zero attached hydrogens (tertiary/aromatic N) is 2. The molecule has 0 aliphatic heterocycles. The Bertz CT molecular complexity index is 420. The van der Waals surface area contributed by atoms with Gasteiger partial charge in [0.25, 0.3) is 0 Å². The highest BCUT2D eigenvalue weighted by Crippen LogP contribution is 2.33. The first-order chi connectivity index (χ1) is 7.44. The SMILES string of the molecule is Cc1c(C(C)NC(=O)C2(N)CC2)cnn1C. The van der Waals surface area contributed by atoms with E-state index in [0.29, 0.717) is 0 Å². The standard InChI is InChI=1S/C11H18N4O/c1-7(9-6-13-15(3)8(9)2)14-10(16)11(12)4-5-11/h6-7H,4-5,12H2,1-3H3,(H,14,16). The van der Waals surface area contributed by atoms with Gasteiger partial charge in [0.1, 0.15) is 0 Å². The molecule has 1 atom stereocenters. The van der Waals surface area contributed by atoms with Gasteiger partial charge < -0.3 is 11.1 Å². The highest BCUT2D eigenvalue weighted by Gasteiger charge is 2.46. The molecule has 1 aromatic heterocycles. The van der Waals surface area contributed by atoms with Crippen LogP contribution in [-0.2, 0) is 11.8 Å². The van der Waals surface area contributed by atoms with Crippen molar-refractivity contribution in [3.05, 3.63) is 17.5 Å². The molecule has 0 saturated heterocycles. The average molecular weight is 222 g/mol. The van der Waals surface area contributed by atoms with Crippen LogP contribution in [0, 0.1) is 6.92 Å². The molecule has 1 aromatic rings. The fraction of sp³-hybridized carbons (Fsp3) is 0.636. The summed E-state index contributed by atoms with van der Waals surface area (Å²) in [6, 6.07) is -0.0396. The maximum atomic E-state index is 11.8. The molecule has 1 saturated carbocycles. The van der Waals surface area contributed by atoms with Crippen LogP contribution in [0.3, 0.4) is 0 Å². The van der Waals surface area contributed by atoms with E-state index >= 15 is 0 Å². The van der Waals surface area contributed by atoms with E-state index in [1.165, 1.54) is 0 Å². The van der Waals surface area contributed by atoms with E-state index in [0.717, 1.165) is 24.1 Å². The van der Waals surface area contributed by atoms with Gasteiger partial charge in [-0.25, -0.2) is 0 Å². The molecule has 5 nitrogen and oxygen atoms in total. The van der Waals surface area contributed by atoms with Crippen molar-refractivity contribution in [1.29, 1.82) is 0 Å². The van der Waals surface area contributed by atoms with Crippen molar-refractivity contribution in [2.75, 3.05) is 0 Å². The van der Waals surface area contributed by atoms with Crippen molar-refractivity contribution in [3.8, 4) is 0 Å². The first-order valence-electron chi connectivity index (χ1n) is 5.52. The third-order valence-corrected chi connectivity index (χ3v) is 3.33. The summed E-state index contributed by atoms with van der Waals surface area (Å²) < 4.78 is 1.80. The number of nitrogens with one attached hydrogen (secondary N) is 1. The molecule has 1 aliphatic rings. The zero-order chi connectivity index (χ0) is 11.9. The highest BCUT2D eigenvalue weighted by molar-refractivity contribution is 5.89. The van der Waals surface area contributed by atoms with Crippen LogP contribution in [0.4, 0.5) is 0 Å². The number of aromatic nitrogens is 2. The van der Waals surface area contributed by atoms with Gasteiger partial charge in [0.05, 0.1) is 17.8 Å². The first kappa shape index (κ1) is 11.1. The van der Waals surface area contributed by atoms with Gasteiger partial charge >= 0.3 is 0 Å². The lowest BCUT2D eigenvalue weighted by Crippen LogP contribution is -2.43. The van der Waals surface area contributed by atoms with E-state index in [9.17, 15) is 4.79 Å². The topological polar surface area (TPSA) is 72.9 Å². The van der Waals surface area contributed by atoms with E-state index in [2.05, 4.69) is 10.4 Å². The van der Waals surface area contributed by atoms with Gasteiger partial charge in [-0.2, -0.15) is 5.10 Å². The van der Waals surface area contributed by atoms with Crippen molar-refractivity contribution < 1.29 is 4.79 Å². The lowest BCUT2D eigenvalue weighted by molar-refractivity contribution is -0.123. The largest absolute Gasteiger partial charge is 0.348 e. The Balaban J connectivity index is 2.05. The molecule has 1 aliphatic carbocycles. The Morgan fingerprint density at radius 3 is 2.75 bits per heavy atom. The Hall–Kier alpha value is -1.36. The molecule has 16 heavy (non-hydrogen) atoms. The Morgan fingerprint density at radius 1 is 1.69 bits per heavy atom. The van der Waals surface area contributed by atoms with Crippen molar-refractivity contribution in [2.45, 2.75) is 38.3 Å². The Kier molecular flexibility index (Phi) is 2.50. The second kappa shape index (κ2) is 3.59. The Labute approximate surface area is 95.0 Å². The molecule has 1 unspecified atom stereocenters. The molecule has 0 radical (unpaired) electrons. The van der Waals surface area contributed by atoms with E-state index in [1.807, 2.05) is 20.9 Å². The van der Waals surface area contributed by atoms with E-state index in [1.54, 1.807) is 10.9 Å². The molecular formula is C11H18N4O. The number of carbonyl (C=O) groups is 1. The summed E-state index contributed by atoms with van der Waals surface area (Å²) in [6.45, 7) is 3.94. The zero-order valence-corrected chi connectivity index (χ0v) is 9.95. The van der Waals surface area contributed by atoms with Crippen LogP contribution < -0.4 is 11.1 Å². The summed E-state index contributed by atoms with van der Waals surface area (Å²) >= 11 is 0.